The fourth-order valence-corrected chi connectivity index (χ4v) is 2.96. The third-order valence-electron chi connectivity index (χ3n) is 3.22. The Labute approximate surface area is 120 Å². The summed E-state index contributed by atoms with van der Waals surface area (Å²) in [5.41, 5.74) is 7.14. The zero-order valence-corrected chi connectivity index (χ0v) is 12.5. The van der Waals surface area contributed by atoms with Crippen LogP contribution in [0.2, 0.25) is 5.02 Å². The van der Waals surface area contributed by atoms with E-state index in [1.165, 1.54) is 0 Å². The largest absolute Gasteiger partial charge is 0.334 e. The minimum atomic E-state index is -0.142. The van der Waals surface area contributed by atoms with Crippen LogP contribution in [0, 0.1) is 0 Å². The van der Waals surface area contributed by atoms with Gasteiger partial charge in [-0.2, -0.15) is 0 Å². The highest BCUT2D eigenvalue weighted by Crippen LogP contribution is 2.35. The van der Waals surface area contributed by atoms with Gasteiger partial charge in [0.05, 0.1) is 11.1 Å². The molecule has 1 aliphatic heterocycles. The summed E-state index contributed by atoms with van der Waals surface area (Å²) in [5, 5.41) is 0.665. The second kappa shape index (κ2) is 5.59. The number of nitrogens with zero attached hydrogens (tertiary/aromatic N) is 1. The van der Waals surface area contributed by atoms with Crippen LogP contribution in [0.15, 0.2) is 22.7 Å². The summed E-state index contributed by atoms with van der Waals surface area (Å²) >= 11 is 9.40. The zero-order valence-electron chi connectivity index (χ0n) is 10.2. The molecule has 2 unspecified atom stereocenters. The molecule has 3 nitrogen and oxygen atoms in total. The minimum absolute atomic E-state index is 0.0361. The van der Waals surface area contributed by atoms with E-state index < -0.39 is 0 Å². The molecule has 0 bridgehead atoms. The first kappa shape index (κ1) is 13.8. The van der Waals surface area contributed by atoms with Crippen molar-refractivity contribution in [3.05, 3.63) is 33.3 Å². The lowest BCUT2D eigenvalue weighted by molar-refractivity contribution is -0.129. The van der Waals surface area contributed by atoms with Crippen LogP contribution < -0.4 is 5.73 Å². The van der Waals surface area contributed by atoms with Gasteiger partial charge in [0.25, 0.3) is 0 Å². The van der Waals surface area contributed by atoms with Crippen LogP contribution in [0.1, 0.15) is 31.4 Å². The number of likely N-dealkylation sites (tertiary alicyclic amines) is 1. The zero-order chi connectivity index (χ0) is 13.3. The summed E-state index contributed by atoms with van der Waals surface area (Å²) in [7, 11) is 0. The Balaban J connectivity index is 2.34. The molecule has 18 heavy (non-hydrogen) atoms. The molecule has 1 aromatic carbocycles. The Bertz CT molecular complexity index is 466. The van der Waals surface area contributed by atoms with Crippen molar-refractivity contribution in [2.75, 3.05) is 6.54 Å². The van der Waals surface area contributed by atoms with E-state index in [9.17, 15) is 4.79 Å². The lowest BCUT2D eigenvalue weighted by atomic mass is 10.0. The number of benzene rings is 1. The molecule has 1 aromatic rings. The highest BCUT2D eigenvalue weighted by molar-refractivity contribution is 9.10. The molecule has 2 rings (SSSR count). The van der Waals surface area contributed by atoms with Crippen LogP contribution in [-0.2, 0) is 4.79 Å². The molecule has 0 spiro atoms. The van der Waals surface area contributed by atoms with Crippen LogP contribution in [-0.4, -0.2) is 23.4 Å². The van der Waals surface area contributed by atoms with Crippen LogP contribution in [0.3, 0.4) is 0 Å². The van der Waals surface area contributed by atoms with Gasteiger partial charge in [0.15, 0.2) is 0 Å². The van der Waals surface area contributed by atoms with Gasteiger partial charge in [-0.3, -0.25) is 4.79 Å². The molecule has 98 valence electrons. The average Bonchev–Trinajstić information content (AvgIpc) is 2.59. The number of halogens is 2. The van der Waals surface area contributed by atoms with Crippen molar-refractivity contribution < 1.29 is 4.79 Å². The van der Waals surface area contributed by atoms with E-state index in [0.29, 0.717) is 11.4 Å². The maximum Gasteiger partial charge on any atom is 0.224 e. The Morgan fingerprint density at radius 2 is 2.28 bits per heavy atom. The molecule has 1 aliphatic rings. The summed E-state index contributed by atoms with van der Waals surface area (Å²) in [5.74, 6) is 0.139. The van der Waals surface area contributed by atoms with E-state index in [2.05, 4.69) is 22.9 Å². The summed E-state index contributed by atoms with van der Waals surface area (Å²) in [6, 6.07) is 5.55. The highest BCUT2D eigenvalue weighted by Gasteiger charge is 2.38. The normalized spacial score (nSPS) is 23.8. The Morgan fingerprint density at radius 1 is 1.56 bits per heavy atom. The molecule has 0 aliphatic carbocycles. The third-order valence-corrected chi connectivity index (χ3v) is 4.44. The average molecular weight is 332 g/mol. The number of hydrogen-bond acceptors (Lipinski definition) is 2. The van der Waals surface area contributed by atoms with Crippen molar-refractivity contribution in [3.8, 4) is 0 Å². The second-order valence-electron chi connectivity index (χ2n) is 4.57. The quantitative estimate of drug-likeness (QED) is 0.925. The van der Waals surface area contributed by atoms with Crippen molar-refractivity contribution in [1.82, 2.24) is 4.90 Å². The van der Waals surface area contributed by atoms with Gasteiger partial charge >= 0.3 is 0 Å². The van der Waals surface area contributed by atoms with Gasteiger partial charge in [-0.15, -0.1) is 0 Å². The maximum atomic E-state index is 11.9. The highest BCUT2D eigenvalue weighted by atomic mass is 79.9. The Hall–Kier alpha value is -0.580. The number of hydrogen-bond donors (Lipinski definition) is 1. The Kier molecular flexibility index (Phi) is 4.30. The van der Waals surface area contributed by atoms with Crippen LogP contribution >= 0.6 is 27.5 Å². The van der Waals surface area contributed by atoms with Crippen LogP contribution in [0.4, 0.5) is 0 Å². The molecule has 2 N–H and O–H groups in total. The molecule has 1 saturated heterocycles. The molecule has 0 aromatic heterocycles. The minimum Gasteiger partial charge on any atom is -0.334 e. The van der Waals surface area contributed by atoms with Crippen molar-refractivity contribution in [1.29, 1.82) is 0 Å². The van der Waals surface area contributed by atoms with E-state index in [4.69, 9.17) is 17.3 Å². The summed E-state index contributed by atoms with van der Waals surface area (Å²) in [4.78, 5) is 13.8. The molecule has 1 fully saturated rings. The number of rotatable bonds is 3. The van der Waals surface area contributed by atoms with Gasteiger partial charge in [0, 0.05) is 23.5 Å². The summed E-state index contributed by atoms with van der Waals surface area (Å²) in [6.07, 6.45) is 1.36. The van der Waals surface area contributed by atoms with E-state index in [0.717, 1.165) is 23.0 Å². The van der Waals surface area contributed by atoms with Gasteiger partial charge in [-0.25, -0.2) is 0 Å². The number of carbonyl (C=O) groups is 1. The van der Waals surface area contributed by atoms with Gasteiger partial charge in [0.2, 0.25) is 5.91 Å². The summed E-state index contributed by atoms with van der Waals surface area (Å²) in [6.45, 7) is 2.81. The lowest BCUT2D eigenvalue weighted by Crippen LogP contribution is -2.33. The number of carbonyl (C=O) groups excluding carboxylic acids is 1. The molecule has 5 heteroatoms. The topological polar surface area (TPSA) is 46.3 Å². The predicted molar refractivity (Wildman–Crippen MR) is 76.5 cm³/mol. The van der Waals surface area contributed by atoms with E-state index in [1.807, 2.05) is 23.1 Å². The standard InChI is InChI=1S/C13H16BrClN2O/c1-2-5-17-12(18)7-11(16)13(17)8-3-4-10(15)9(14)6-8/h3-4,6,11,13H,2,5,7,16H2,1H3. The fraction of sp³-hybridized carbons (Fsp3) is 0.462. The molecule has 1 heterocycles. The van der Waals surface area contributed by atoms with Gasteiger partial charge in [0.1, 0.15) is 0 Å². The van der Waals surface area contributed by atoms with E-state index in [1.54, 1.807) is 0 Å². The van der Waals surface area contributed by atoms with Gasteiger partial charge in [-0.1, -0.05) is 24.6 Å². The van der Waals surface area contributed by atoms with Crippen LogP contribution in [0.5, 0.6) is 0 Å². The lowest BCUT2D eigenvalue weighted by Gasteiger charge is -2.27. The first-order chi connectivity index (χ1) is 8.54. The second-order valence-corrected chi connectivity index (χ2v) is 5.84. The fourth-order valence-electron chi connectivity index (χ4n) is 2.44. The van der Waals surface area contributed by atoms with Crippen molar-refractivity contribution >= 4 is 33.4 Å². The molecule has 0 radical (unpaired) electrons. The molecule has 1 amide bonds. The SMILES string of the molecule is CCCN1C(=O)CC(N)C1c1ccc(Cl)c(Br)c1. The number of amides is 1. The van der Waals surface area contributed by atoms with Crippen molar-refractivity contribution in [2.45, 2.75) is 31.8 Å². The van der Waals surface area contributed by atoms with Gasteiger partial charge < -0.3 is 10.6 Å². The first-order valence-electron chi connectivity index (χ1n) is 6.04. The molecular weight excluding hydrogens is 316 g/mol. The Morgan fingerprint density at radius 3 is 2.89 bits per heavy atom. The van der Waals surface area contributed by atoms with Crippen molar-refractivity contribution in [3.63, 3.8) is 0 Å². The molecular formula is C13H16BrClN2O. The van der Waals surface area contributed by atoms with Crippen molar-refractivity contribution in [2.24, 2.45) is 5.73 Å². The molecule has 0 saturated carbocycles. The van der Waals surface area contributed by atoms with E-state index >= 15 is 0 Å². The predicted octanol–water partition coefficient (Wildman–Crippen LogP) is 3.11. The number of nitrogens with two attached hydrogens (primary N) is 1. The third kappa shape index (κ3) is 2.56. The molecule has 2 atom stereocenters. The first-order valence-corrected chi connectivity index (χ1v) is 7.21. The maximum absolute atomic E-state index is 11.9. The monoisotopic (exact) mass is 330 g/mol. The van der Waals surface area contributed by atoms with E-state index in [-0.39, 0.29) is 18.0 Å². The van der Waals surface area contributed by atoms with Crippen LogP contribution in [0.25, 0.3) is 0 Å². The van der Waals surface area contributed by atoms with Gasteiger partial charge in [-0.05, 0) is 40.0 Å². The summed E-state index contributed by atoms with van der Waals surface area (Å²) < 4.78 is 0.838. The smallest absolute Gasteiger partial charge is 0.224 e.